The lowest BCUT2D eigenvalue weighted by molar-refractivity contribution is 0.377. The van der Waals surface area contributed by atoms with E-state index in [1.807, 2.05) is 0 Å². The first-order valence-electron chi connectivity index (χ1n) is 6.91. The zero-order valence-corrected chi connectivity index (χ0v) is 11.1. The molecule has 0 radical (unpaired) electrons. The van der Waals surface area contributed by atoms with Crippen molar-refractivity contribution in [3.63, 3.8) is 0 Å². The summed E-state index contributed by atoms with van der Waals surface area (Å²) in [5.41, 5.74) is 6.29. The zero-order chi connectivity index (χ0) is 11.6. The molecule has 0 aromatic carbocycles. The maximum absolute atomic E-state index is 6.19. The Hall–Kier alpha value is -0.0400. The molecule has 0 spiro atoms. The van der Waals surface area contributed by atoms with E-state index >= 15 is 0 Å². The summed E-state index contributed by atoms with van der Waals surface area (Å²) in [6.45, 7) is 6.69. The zero-order valence-electron chi connectivity index (χ0n) is 11.1. The third kappa shape index (κ3) is 10.2. The lowest BCUT2D eigenvalue weighted by Gasteiger charge is -2.23. The molecule has 0 aromatic rings. The minimum atomic E-state index is 0.0954. The van der Waals surface area contributed by atoms with Crippen molar-refractivity contribution in [2.24, 2.45) is 5.73 Å². The Kier molecular flexibility index (Phi) is 9.18. The van der Waals surface area contributed by atoms with E-state index in [2.05, 4.69) is 20.8 Å². The van der Waals surface area contributed by atoms with Gasteiger partial charge in [-0.25, -0.2) is 0 Å². The fourth-order valence-electron chi connectivity index (χ4n) is 2.18. The molecule has 0 saturated carbocycles. The van der Waals surface area contributed by atoms with Crippen molar-refractivity contribution in [3.05, 3.63) is 0 Å². The van der Waals surface area contributed by atoms with Crippen LogP contribution in [0.1, 0.15) is 85.0 Å². The van der Waals surface area contributed by atoms with E-state index in [1.165, 1.54) is 64.2 Å². The standard InChI is InChI=1S/C14H31N/c1-4-6-7-8-9-10-11-13-14(3,15)12-5-2/h4-13,15H2,1-3H3. The second-order valence-electron chi connectivity index (χ2n) is 5.28. The summed E-state index contributed by atoms with van der Waals surface area (Å²) in [7, 11) is 0. The van der Waals surface area contributed by atoms with Crippen molar-refractivity contribution in [1.29, 1.82) is 0 Å². The third-order valence-electron chi connectivity index (χ3n) is 3.17. The molecule has 15 heavy (non-hydrogen) atoms. The fourth-order valence-corrected chi connectivity index (χ4v) is 2.18. The summed E-state index contributed by atoms with van der Waals surface area (Å²) in [6.07, 6.45) is 13.3. The minimum Gasteiger partial charge on any atom is -0.325 e. The Bertz CT molecular complexity index is 129. The molecule has 0 fully saturated rings. The van der Waals surface area contributed by atoms with Gasteiger partial charge in [0.2, 0.25) is 0 Å². The summed E-state index contributed by atoms with van der Waals surface area (Å²) in [5.74, 6) is 0. The van der Waals surface area contributed by atoms with Crippen LogP contribution in [0.3, 0.4) is 0 Å². The summed E-state index contributed by atoms with van der Waals surface area (Å²) >= 11 is 0. The molecule has 1 nitrogen and oxygen atoms in total. The van der Waals surface area contributed by atoms with E-state index in [1.54, 1.807) is 0 Å². The summed E-state index contributed by atoms with van der Waals surface area (Å²) in [4.78, 5) is 0. The number of hydrogen-bond donors (Lipinski definition) is 1. The minimum absolute atomic E-state index is 0.0954. The molecule has 92 valence electrons. The lowest BCUT2D eigenvalue weighted by Crippen LogP contribution is -2.35. The highest BCUT2D eigenvalue weighted by atomic mass is 14.7. The topological polar surface area (TPSA) is 26.0 Å². The molecule has 0 aliphatic carbocycles. The number of rotatable bonds is 10. The highest BCUT2D eigenvalue weighted by molar-refractivity contribution is 4.77. The summed E-state index contributed by atoms with van der Waals surface area (Å²) in [5, 5.41) is 0. The van der Waals surface area contributed by atoms with Crippen molar-refractivity contribution >= 4 is 0 Å². The molecule has 0 heterocycles. The van der Waals surface area contributed by atoms with Gasteiger partial charge in [0.1, 0.15) is 0 Å². The highest BCUT2D eigenvalue weighted by Gasteiger charge is 2.15. The Labute approximate surface area is 96.8 Å². The van der Waals surface area contributed by atoms with Crippen LogP contribution < -0.4 is 5.73 Å². The van der Waals surface area contributed by atoms with Gasteiger partial charge in [-0.2, -0.15) is 0 Å². The van der Waals surface area contributed by atoms with Gasteiger partial charge in [0.15, 0.2) is 0 Å². The molecule has 0 rings (SSSR count). The van der Waals surface area contributed by atoms with Gasteiger partial charge in [-0.05, 0) is 19.8 Å². The second kappa shape index (κ2) is 9.21. The first kappa shape index (κ1) is 15.0. The molecule has 1 atom stereocenters. The second-order valence-corrected chi connectivity index (χ2v) is 5.28. The van der Waals surface area contributed by atoms with Crippen LogP contribution in [0.5, 0.6) is 0 Å². The quantitative estimate of drug-likeness (QED) is 0.525. The first-order chi connectivity index (χ1) is 7.12. The van der Waals surface area contributed by atoms with Crippen molar-refractivity contribution in [2.45, 2.75) is 90.5 Å². The highest BCUT2D eigenvalue weighted by Crippen LogP contribution is 2.18. The van der Waals surface area contributed by atoms with Gasteiger partial charge in [0, 0.05) is 5.54 Å². The van der Waals surface area contributed by atoms with Crippen LogP contribution in [-0.4, -0.2) is 5.54 Å². The average Bonchev–Trinajstić information content (AvgIpc) is 2.16. The Balaban J connectivity index is 3.22. The molecule has 2 N–H and O–H groups in total. The van der Waals surface area contributed by atoms with Gasteiger partial charge in [0.25, 0.3) is 0 Å². The maximum Gasteiger partial charge on any atom is 0.0125 e. The van der Waals surface area contributed by atoms with Gasteiger partial charge in [-0.3, -0.25) is 0 Å². The Morgan fingerprint density at radius 1 is 0.733 bits per heavy atom. The van der Waals surface area contributed by atoms with Gasteiger partial charge in [0.05, 0.1) is 0 Å². The summed E-state index contributed by atoms with van der Waals surface area (Å²) < 4.78 is 0. The van der Waals surface area contributed by atoms with Gasteiger partial charge >= 0.3 is 0 Å². The van der Waals surface area contributed by atoms with Crippen LogP contribution in [0.25, 0.3) is 0 Å². The van der Waals surface area contributed by atoms with E-state index in [9.17, 15) is 0 Å². The Morgan fingerprint density at radius 2 is 1.27 bits per heavy atom. The van der Waals surface area contributed by atoms with Crippen LogP contribution in [0, 0.1) is 0 Å². The van der Waals surface area contributed by atoms with Gasteiger partial charge in [-0.15, -0.1) is 0 Å². The van der Waals surface area contributed by atoms with Crippen LogP contribution in [0.4, 0.5) is 0 Å². The first-order valence-corrected chi connectivity index (χ1v) is 6.91. The van der Waals surface area contributed by atoms with E-state index in [0.717, 1.165) is 0 Å². The maximum atomic E-state index is 6.19. The summed E-state index contributed by atoms with van der Waals surface area (Å²) in [6, 6.07) is 0. The molecule has 1 unspecified atom stereocenters. The van der Waals surface area contributed by atoms with E-state index in [-0.39, 0.29) is 5.54 Å². The third-order valence-corrected chi connectivity index (χ3v) is 3.17. The number of nitrogens with two attached hydrogens (primary N) is 1. The normalized spacial score (nSPS) is 15.2. The Morgan fingerprint density at radius 3 is 1.80 bits per heavy atom. The molecule has 0 aliphatic rings. The molecule has 0 bridgehead atoms. The monoisotopic (exact) mass is 213 g/mol. The van der Waals surface area contributed by atoms with Crippen molar-refractivity contribution < 1.29 is 0 Å². The lowest BCUT2D eigenvalue weighted by atomic mass is 9.90. The molecular formula is C14H31N. The smallest absolute Gasteiger partial charge is 0.0125 e. The van der Waals surface area contributed by atoms with Crippen LogP contribution >= 0.6 is 0 Å². The van der Waals surface area contributed by atoms with E-state index in [0.29, 0.717) is 0 Å². The van der Waals surface area contributed by atoms with E-state index < -0.39 is 0 Å². The molecule has 0 aromatic heterocycles. The molecule has 0 aliphatic heterocycles. The van der Waals surface area contributed by atoms with Crippen LogP contribution in [-0.2, 0) is 0 Å². The van der Waals surface area contributed by atoms with Gasteiger partial charge < -0.3 is 5.73 Å². The molecule has 0 saturated heterocycles. The number of unbranched alkanes of at least 4 members (excludes halogenated alkanes) is 6. The van der Waals surface area contributed by atoms with Crippen molar-refractivity contribution in [1.82, 2.24) is 0 Å². The predicted molar refractivity (Wildman–Crippen MR) is 70.1 cm³/mol. The molecular weight excluding hydrogens is 182 g/mol. The van der Waals surface area contributed by atoms with E-state index in [4.69, 9.17) is 5.73 Å². The van der Waals surface area contributed by atoms with Crippen LogP contribution in [0.2, 0.25) is 0 Å². The average molecular weight is 213 g/mol. The predicted octanol–water partition coefficient (Wildman–Crippen LogP) is 4.64. The van der Waals surface area contributed by atoms with Crippen molar-refractivity contribution in [3.8, 4) is 0 Å². The van der Waals surface area contributed by atoms with Gasteiger partial charge in [-0.1, -0.05) is 65.2 Å². The number of hydrogen-bond acceptors (Lipinski definition) is 1. The van der Waals surface area contributed by atoms with Crippen LogP contribution in [0.15, 0.2) is 0 Å². The van der Waals surface area contributed by atoms with Crippen molar-refractivity contribution in [2.75, 3.05) is 0 Å². The SMILES string of the molecule is CCCCCCCCCC(C)(N)CCC. The molecule has 0 amide bonds. The fraction of sp³-hybridized carbons (Fsp3) is 1.00. The largest absolute Gasteiger partial charge is 0.325 e. The molecule has 1 heteroatoms.